The van der Waals surface area contributed by atoms with Gasteiger partial charge in [-0.15, -0.1) is 0 Å². The summed E-state index contributed by atoms with van der Waals surface area (Å²) in [4.78, 5) is 17.8. The number of carbonyl (C=O) groups excluding carboxylic acids is 1. The Morgan fingerprint density at radius 2 is 1.78 bits per heavy atom. The molecule has 0 fully saturated rings. The van der Waals surface area contributed by atoms with Crippen molar-refractivity contribution in [3.05, 3.63) is 53.6 Å². The Balaban J connectivity index is 2.15. The molecular formula is C18H17NO4. The summed E-state index contributed by atoms with van der Waals surface area (Å²) < 4.78 is 10.6. The Hall–Kier alpha value is -2.79. The number of methoxy groups -OCH3 is 2. The molecule has 0 saturated heterocycles. The maximum Gasteiger partial charge on any atom is 0.282 e. The first kappa shape index (κ1) is 15.1. The van der Waals surface area contributed by atoms with Gasteiger partial charge in [0.05, 0.1) is 32.6 Å². The number of benzene rings is 2. The molecule has 1 amide bonds. The second kappa shape index (κ2) is 6.14. The fourth-order valence-electron chi connectivity index (χ4n) is 2.64. The average molecular weight is 311 g/mol. The van der Waals surface area contributed by atoms with Crippen LogP contribution in [0.25, 0.3) is 11.6 Å². The van der Waals surface area contributed by atoms with Gasteiger partial charge >= 0.3 is 0 Å². The van der Waals surface area contributed by atoms with Crippen molar-refractivity contribution in [3.63, 3.8) is 0 Å². The SMILES string of the molecule is COc1ccc(OC)c(/C=C2\C(=O)N(OC)c3ccccc32)c1. The molecule has 5 heteroatoms. The van der Waals surface area contributed by atoms with Crippen molar-refractivity contribution in [2.45, 2.75) is 0 Å². The van der Waals surface area contributed by atoms with Crippen LogP contribution in [0.4, 0.5) is 5.69 Å². The molecule has 0 N–H and O–H groups in total. The third-order valence-corrected chi connectivity index (χ3v) is 3.75. The monoisotopic (exact) mass is 311 g/mol. The van der Waals surface area contributed by atoms with Gasteiger partial charge in [0.1, 0.15) is 11.5 Å². The van der Waals surface area contributed by atoms with Crippen LogP contribution in [0.1, 0.15) is 11.1 Å². The minimum atomic E-state index is -0.210. The number of carbonyl (C=O) groups is 1. The Bertz CT molecular complexity index is 782. The van der Waals surface area contributed by atoms with E-state index < -0.39 is 0 Å². The highest BCUT2D eigenvalue weighted by atomic mass is 16.7. The van der Waals surface area contributed by atoms with Crippen LogP contribution < -0.4 is 14.5 Å². The van der Waals surface area contributed by atoms with E-state index in [1.807, 2.05) is 42.5 Å². The van der Waals surface area contributed by atoms with Crippen LogP contribution in [0.2, 0.25) is 0 Å². The molecule has 118 valence electrons. The van der Waals surface area contributed by atoms with Gasteiger partial charge in [0.15, 0.2) is 0 Å². The first-order valence-electron chi connectivity index (χ1n) is 7.11. The standard InChI is InChI=1S/C18H17NO4/c1-21-13-8-9-17(22-2)12(10-13)11-15-14-6-4-5-7-16(14)19(23-3)18(15)20/h4-11H,1-3H3/b15-11-. The zero-order valence-corrected chi connectivity index (χ0v) is 13.2. The number of hydrogen-bond acceptors (Lipinski definition) is 4. The number of nitrogens with zero attached hydrogens (tertiary/aromatic N) is 1. The Kier molecular flexibility index (Phi) is 4.04. The molecular weight excluding hydrogens is 294 g/mol. The minimum absolute atomic E-state index is 0.210. The Labute approximate surface area is 134 Å². The van der Waals surface area contributed by atoms with Crippen LogP contribution in [-0.4, -0.2) is 27.2 Å². The number of hydrogen-bond donors (Lipinski definition) is 0. The lowest BCUT2D eigenvalue weighted by atomic mass is 10.0. The van der Waals surface area contributed by atoms with Crippen LogP contribution in [0.15, 0.2) is 42.5 Å². The van der Waals surface area contributed by atoms with E-state index in [0.29, 0.717) is 17.1 Å². The fraction of sp³-hybridized carbons (Fsp3) is 0.167. The number of hydroxylamine groups is 1. The van der Waals surface area contributed by atoms with E-state index in [-0.39, 0.29) is 5.91 Å². The molecule has 1 aliphatic heterocycles. The van der Waals surface area contributed by atoms with Crippen LogP contribution in [-0.2, 0) is 9.63 Å². The molecule has 0 spiro atoms. The number of anilines is 1. The van der Waals surface area contributed by atoms with Crippen molar-refractivity contribution in [2.24, 2.45) is 0 Å². The lowest BCUT2D eigenvalue weighted by molar-refractivity contribution is -0.118. The van der Waals surface area contributed by atoms with Crippen LogP contribution >= 0.6 is 0 Å². The minimum Gasteiger partial charge on any atom is -0.497 e. The molecule has 1 heterocycles. The average Bonchev–Trinajstić information content (AvgIpc) is 2.86. The molecule has 0 saturated carbocycles. The number of fused-ring (bicyclic) bond motifs is 1. The Morgan fingerprint density at radius 1 is 1.00 bits per heavy atom. The smallest absolute Gasteiger partial charge is 0.282 e. The highest BCUT2D eigenvalue weighted by molar-refractivity contribution is 6.35. The fourth-order valence-corrected chi connectivity index (χ4v) is 2.64. The lowest BCUT2D eigenvalue weighted by Crippen LogP contribution is -2.24. The Morgan fingerprint density at radius 3 is 2.48 bits per heavy atom. The topological polar surface area (TPSA) is 48.0 Å². The van der Waals surface area contributed by atoms with E-state index in [2.05, 4.69) is 0 Å². The van der Waals surface area contributed by atoms with Gasteiger partial charge in [0, 0.05) is 11.1 Å². The summed E-state index contributed by atoms with van der Waals surface area (Å²) in [6.45, 7) is 0. The summed E-state index contributed by atoms with van der Waals surface area (Å²) in [6, 6.07) is 13.0. The van der Waals surface area contributed by atoms with Crippen molar-refractivity contribution in [1.29, 1.82) is 0 Å². The summed E-state index contributed by atoms with van der Waals surface area (Å²) in [5, 5.41) is 1.29. The van der Waals surface area contributed by atoms with Gasteiger partial charge in [-0.3, -0.25) is 9.63 Å². The van der Waals surface area contributed by atoms with Gasteiger partial charge < -0.3 is 9.47 Å². The third-order valence-electron chi connectivity index (χ3n) is 3.75. The molecule has 2 aromatic rings. The second-order valence-corrected chi connectivity index (χ2v) is 4.97. The normalized spacial score (nSPS) is 15.0. The van der Waals surface area contributed by atoms with Crippen molar-refractivity contribution in [1.82, 2.24) is 0 Å². The zero-order chi connectivity index (χ0) is 16.4. The van der Waals surface area contributed by atoms with E-state index in [0.717, 1.165) is 16.8 Å². The van der Waals surface area contributed by atoms with E-state index in [9.17, 15) is 4.79 Å². The van der Waals surface area contributed by atoms with Crippen LogP contribution in [0.5, 0.6) is 11.5 Å². The highest BCUT2D eigenvalue weighted by Gasteiger charge is 2.32. The molecule has 0 aromatic heterocycles. The zero-order valence-electron chi connectivity index (χ0n) is 13.2. The summed E-state index contributed by atoms with van der Waals surface area (Å²) in [6.07, 6.45) is 1.79. The van der Waals surface area contributed by atoms with E-state index in [1.54, 1.807) is 20.3 Å². The molecule has 1 aliphatic rings. The highest BCUT2D eigenvalue weighted by Crippen LogP contribution is 2.39. The maximum atomic E-state index is 12.6. The predicted molar refractivity (Wildman–Crippen MR) is 88.4 cm³/mol. The van der Waals surface area contributed by atoms with Crippen LogP contribution in [0, 0.1) is 0 Å². The molecule has 0 atom stereocenters. The number of amides is 1. The van der Waals surface area contributed by atoms with Gasteiger partial charge in [-0.1, -0.05) is 18.2 Å². The molecule has 0 radical (unpaired) electrons. The lowest BCUT2D eigenvalue weighted by Gasteiger charge is -2.12. The summed E-state index contributed by atoms with van der Waals surface area (Å²) in [5.41, 5.74) is 2.87. The van der Waals surface area contributed by atoms with E-state index in [1.165, 1.54) is 12.2 Å². The van der Waals surface area contributed by atoms with Crippen molar-refractivity contribution in [3.8, 4) is 11.5 Å². The van der Waals surface area contributed by atoms with Gasteiger partial charge in [0.25, 0.3) is 5.91 Å². The second-order valence-electron chi connectivity index (χ2n) is 4.97. The molecule has 2 aromatic carbocycles. The predicted octanol–water partition coefficient (Wildman–Crippen LogP) is 3.15. The van der Waals surface area contributed by atoms with Crippen LogP contribution in [0.3, 0.4) is 0 Å². The van der Waals surface area contributed by atoms with Gasteiger partial charge in [0.2, 0.25) is 0 Å². The molecule has 0 bridgehead atoms. The van der Waals surface area contributed by atoms with Crippen molar-refractivity contribution < 1.29 is 19.1 Å². The molecule has 3 rings (SSSR count). The summed E-state index contributed by atoms with van der Waals surface area (Å²) in [7, 11) is 4.67. The third kappa shape index (κ3) is 2.55. The van der Waals surface area contributed by atoms with Crippen molar-refractivity contribution >= 4 is 23.2 Å². The maximum absolute atomic E-state index is 12.6. The number of para-hydroxylation sites is 1. The first-order valence-corrected chi connectivity index (χ1v) is 7.11. The summed E-state index contributed by atoms with van der Waals surface area (Å²) >= 11 is 0. The molecule has 23 heavy (non-hydrogen) atoms. The summed E-state index contributed by atoms with van der Waals surface area (Å²) in [5.74, 6) is 1.15. The molecule has 0 unspecified atom stereocenters. The van der Waals surface area contributed by atoms with E-state index >= 15 is 0 Å². The first-order chi connectivity index (χ1) is 11.2. The number of rotatable bonds is 4. The molecule has 5 nitrogen and oxygen atoms in total. The van der Waals surface area contributed by atoms with Gasteiger partial charge in [-0.25, -0.2) is 0 Å². The molecule has 0 aliphatic carbocycles. The van der Waals surface area contributed by atoms with Gasteiger partial charge in [-0.05, 0) is 30.3 Å². The van der Waals surface area contributed by atoms with Crippen molar-refractivity contribution in [2.75, 3.05) is 26.4 Å². The largest absolute Gasteiger partial charge is 0.497 e. The number of ether oxygens (including phenoxy) is 2. The van der Waals surface area contributed by atoms with E-state index in [4.69, 9.17) is 14.3 Å². The quantitative estimate of drug-likeness (QED) is 0.814. The van der Waals surface area contributed by atoms with Gasteiger partial charge in [-0.2, -0.15) is 5.06 Å².